The number of nitrogens with zero attached hydrogens (tertiary/aromatic N) is 2. The minimum Gasteiger partial charge on any atom is -0.482 e. The van der Waals surface area contributed by atoms with Gasteiger partial charge in [-0.15, -0.1) is 0 Å². The van der Waals surface area contributed by atoms with E-state index in [0.717, 1.165) is 0 Å². The quantitative estimate of drug-likeness (QED) is 0.795. The summed E-state index contributed by atoms with van der Waals surface area (Å²) in [5.74, 6) is 0.204. The normalized spacial score (nSPS) is 15.1. The molecule has 0 N–H and O–H groups in total. The average Bonchev–Trinajstić information content (AvgIpc) is 2.54. The Morgan fingerprint density at radius 3 is 2.28 bits per heavy atom. The predicted molar refractivity (Wildman–Crippen MR) is 96.3 cm³/mol. The lowest BCUT2D eigenvalue weighted by molar-refractivity contribution is -0.135. The lowest BCUT2D eigenvalue weighted by Crippen LogP contribution is -2.52. The molecule has 1 heterocycles. The molecule has 138 valence electrons. The number of rotatable bonds is 3. The van der Waals surface area contributed by atoms with E-state index < -0.39 is 5.60 Å². The van der Waals surface area contributed by atoms with Gasteiger partial charge in [-0.25, -0.2) is 4.79 Å². The van der Waals surface area contributed by atoms with Crippen molar-refractivity contribution < 1.29 is 19.1 Å². The maximum Gasteiger partial charge on any atom is 0.410 e. The summed E-state index contributed by atoms with van der Waals surface area (Å²) in [7, 11) is 0. The number of ether oxygens (including phenoxy) is 2. The maximum absolute atomic E-state index is 12.3. The summed E-state index contributed by atoms with van der Waals surface area (Å²) in [6.07, 6.45) is -0.360. The van der Waals surface area contributed by atoms with Gasteiger partial charge in [0.05, 0.1) is 5.02 Å². The number of hydrogen-bond acceptors (Lipinski definition) is 4. The van der Waals surface area contributed by atoms with E-state index in [-0.39, 0.29) is 23.6 Å². The van der Waals surface area contributed by atoms with Gasteiger partial charge in [0.2, 0.25) is 0 Å². The minimum absolute atomic E-state index is 0.132. The van der Waals surface area contributed by atoms with Crippen LogP contribution in [0.15, 0.2) is 18.2 Å². The Bertz CT molecular complexity index is 638. The van der Waals surface area contributed by atoms with Gasteiger partial charge in [0, 0.05) is 26.2 Å². The number of piperazine rings is 1. The summed E-state index contributed by atoms with van der Waals surface area (Å²) in [4.78, 5) is 27.5. The fourth-order valence-electron chi connectivity index (χ4n) is 2.29. The fourth-order valence-corrected chi connectivity index (χ4v) is 2.64. The first-order chi connectivity index (χ1) is 11.7. The second-order valence-electron chi connectivity index (χ2n) is 6.69. The number of carbonyl (C=O) groups is 2. The molecule has 1 aliphatic heterocycles. The Morgan fingerprint density at radius 1 is 1.08 bits per heavy atom. The molecule has 0 unspecified atom stereocenters. The third-order valence-corrected chi connectivity index (χ3v) is 4.35. The summed E-state index contributed by atoms with van der Waals surface area (Å²) < 4.78 is 10.8. The summed E-state index contributed by atoms with van der Waals surface area (Å²) in [5.41, 5.74) is -0.534. The monoisotopic (exact) mass is 388 g/mol. The van der Waals surface area contributed by atoms with Gasteiger partial charge >= 0.3 is 6.09 Å². The topological polar surface area (TPSA) is 59.1 Å². The standard InChI is InChI=1S/C17H22Cl2N2O4/c1-17(2,3)25-16(23)21-9-7-20(8-10-21)14(22)11-24-13-6-4-5-12(18)15(13)19/h4-6H,7-11H2,1-3H3. The van der Waals surface area contributed by atoms with Crippen LogP contribution in [0.2, 0.25) is 10.0 Å². The van der Waals surface area contributed by atoms with E-state index in [0.29, 0.717) is 37.0 Å². The molecule has 1 aromatic rings. The molecular formula is C17H22Cl2N2O4. The number of benzene rings is 1. The third-order valence-electron chi connectivity index (χ3n) is 3.55. The largest absolute Gasteiger partial charge is 0.482 e. The zero-order valence-corrected chi connectivity index (χ0v) is 16.1. The summed E-state index contributed by atoms with van der Waals surface area (Å²) >= 11 is 11.9. The lowest BCUT2D eigenvalue weighted by Gasteiger charge is -2.35. The van der Waals surface area contributed by atoms with E-state index in [1.807, 2.05) is 20.8 Å². The molecule has 2 amide bonds. The zero-order valence-electron chi connectivity index (χ0n) is 14.6. The molecule has 1 aliphatic rings. The molecule has 0 bridgehead atoms. The van der Waals surface area contributed by atoms with Crippen LogP contribution >= 0.6 is 23.2 Å². The Kier molecular flexibility index (Phi) is 6.41. The highest BCUT2D eigenvalue weighted by Gasteiger charge is 2.27. The van der Waals surface area contributed by atoms with Crippen molar-refractivity contribution in [3.05, 3.63) is 28.2 Å². The van der Waals surface area contributed by atoms with Crippen LogP contribution in [0.25, 0.3) is 0 Å². The Balaban J connectivity index is 1.81. The highest BCUT2D eigenvalue weighted by Crippen LogP contribution is 2.31. The van der Waals surface area contributed by atoms with Gasteiger partial charge in [-0.2, -0.15) is 0 Å². The van der Waals surface area contributed by atoms with Crippen molar-refractivity contribution >= 4 is 35.2 Å². The minimum atomic E-state index is -0.534. The van der Waals surface area contributed by atoms with Gasteiger partial charge in [-0.05, 0) is 32.9 Å². The van der Waals surface area contributed by atoms with E-state index in [9.17, 15) is 9.59 Å². The molecule has 1 aromatic carbocycles. The second kappa shape index (κ2) is 8.15. The van der Waals surface area contributed by atoms with Gasteiger partial charge < -0.3 is 19.3 Å². The first-order valence-electron chi connectivity index (χ1n) is 8.00. The van der Waals surface area contributed by atoms with Crippen LogP contribution < -0.4 is 4.74 Å². The van der Waals surface area contributed by atoms with E-state index in [1.165, 1.54) is 0 Å². The maximum atomic E-state index is 12.3. The molecule has 2 rings (SSSR count). The highest BCUT2D eigenvalue weighted by atomic mass is 35.5. The van der Waals surface area contributed by atoms with Crippen molar-refractivity contribution in [3.8, 4) is 5.75 Å². The Hall–Kier alpha value is -1.66. The van der Waals surface area contributed by atoms with Crippen molar-refractivity contribution in [1.29, 1.82) is 0 Å². The number of halogens is 2. The fraction of sp³-hybridized carbons (Fsp3) is 0.529. The average molecular weight is 389 g/mol. The highest BCUT2D eigenvalue weighted by molar-refractivity contribution is 6.42. The molecule has 1 saturated heterocycles. The predicted octanol–water partition coefficient (Wildman–Crippen LogP) is 3.45. The van der Waals surface area contributed by atoms with Crippen LogP contribution in [0, 0.1) is 0 Å². The van der Waals surface area contributed by atoms with Crippen molar-refractivity contribution in [2.45, 2.75) is 26.4 Å². The van der Waals surface area contributed by atoms with Crippen molar-refractivity contribution in [2.75, 3.05) is 32.8 Å². The molecule has 1 fully saturated rings. The summed E-state index contributed by atoms with van der Waals surface area (Å²) in [5, 5.41) is 0.657. The number of amides is 2. The van der Waals surface area contributed by atoms with Crippen molar-refractivity contribution in [2.24, 2.45) is 0 Å². The molecule has 8 heteroatoms. The van der Waals surface area contributed by atoms with Crippen LogP contribution in [0.3, 0.4) is 0 Å². The summed E-state index contributed by atoms with van der Waals surface area (Å²) in [6, 6.07) is 5.00. The SMILES string of the molecule is CC(C)(C)OC(=O)N1CCN(C(=O)COc2cccc(Cl)c2Cl)CC1. The molecule has 6 nitrogen and oxygen atoms in total. The van der Waals surface area contributed by atoms with Crippen LogP contribution in [-0.4, -0.2) is 60.2 Å². The molecule has 0 spiro atoms. The lowest BCUT2D eigenvalue weighted by atomic mass is 10.2. The molecule has 0 aromatic heterocycles. The second-order valence-corrected chi connectivity index (χ2v) is 7.47. The molecule has 0 radical (unpaired) electrons. The van der Waals surface area contributed by atoms with Crippen LogP contribution in [0.4, 0.5) is 4.79 Å². The van der Waals surface area contributed by atoms with E-state index >= 15 is 0 Å². The first kappa shape index (κ1) is 19.7. The van der Waals surface area contributed by atoms with Crippen LogP contribution in [0.1, 0.15) is 20.8 Å². The number of hydrogen-bond donors (Lipinski definition) is 0. The Morgan fingerprint density at radius 2 is 1.68 bits per heavy atom. The van der Waals surface area contributed by atoms with Gasteiger partial charge in [0.15, 0.2) is 6.61 Å². The Labute approximate surface area is 157 Å². The third kappa shape index (κ3) is 5.68. The molecule has 0 saturated carbocycles. The molecule has 0 aliphatic carbocycles. The van der Waals surface area contributed by atoms with Crippen LogP contribution in [0.5, 0.6) is 5.75 Å². The van der Waals surface area contributed by atoms with Gasteiger partial charge in [0.25, 0.3) is 5.91 Å². The van der Waals surface area contributed by atoms with Crippen molar-refractivity contribution in [3.63, 3.8) is 0 Å². The zero-order chi connectivity index (χ0) is 18.6. The van der Waals surface area contributed by atoms with Gasteiger partial charge in [-0.3, -0.25) is 4.79 Å². The molecule has 0 atom stereocenters. The molecular weight excluding hydrogens is 367 g/mol. The van der Waals surface area contributed by atoms with Gasteiger partial charge in [0.1, 0.15) is 16.4 Å². The smallest absolute Gasteiger partial charge is 0.410 e. The van der Waals surface area contributed by atoms with E-state index in [1.54, 1.807) is 28.0 Å². The van der Waals surface area contributed by atoms with Crippen LogP contribution in [-0.2, 0) is 9.53 Å². The number of carbonyl (C=O) groups excluding carboxylic acids is 2. The van der Waals surface area contributed by atoms with E-state index in [2.05, 4.69) is 0 Å². The summed E-state index contributed by atoms with van der Waals surface area (Å²) in [6.45, 7) is 7.06. The van der Waals surface area contributed by atoms with Crippen molar-refractivity contribution in [1.82, 2.24) is 9.80 Å². The first-order valence-corrected chi connectivity index (χ1v) is 8.75. The van der Waals surface area contributed by atoms with E-state index in [4.69, 9.17) is 32.7 Å². The molecule has 25 heavy (non-hydrogen) atoms. The van der Waals surface area contributed by atoms with Gasteiger partial charge in [-0.1, -0.05) is 29.3 Å².